The van der Waals surface area contributed by atoms with Gasteiger partial charge in [0, 0.05) is 13.1 Å². The molecule has 6 aromatic rings. The molecule has 0 fully saturated rings. The van der Waals surface area contributed by atoms with Crippen LogP contribution in [0.1, 0.15) is 75.6 Å². The fourth-order valence-electron chi connectivity index (χ4n) is 7.10. The lowest BCUT2D eigenvalue weighted by Gasteiger charge is -2.14. The Kier molecular flexibility index (Phi) is 20.2. The minimum Gasteiger partial charge on any atom is -0.493 e. The van der Waals surface area contributed by atoms with Gasteiger partial charge in [0.25, 0.3) is 0 Å². The molecule has 0 amide bonds. The van der Waals surface area contributed by atoms with Crippen molar-refractivity contribution in [2.24, 2.45) is 0 Å². The molecular formula is C52H63F2N2O9P. The third-order valence-electron chi connectivity index (χ3n) is 10.2. The fourth-order valence-corrected chi connectivity index (χ4v) is 7.81. The molecule has 0 aliphatic carbocycles. The summed E-state index contributed by atoms with van der Waals surface area (Å²) >= 11 is 0. The van der Waals surface area contributed by atoms with E-state index in [2.05, 4.69) is 10.6 Å². The van der Waals surface area contributed by atoms with Gasteiger partial charge in [-0.15, -0.1) is 0 Å². The van der Waals surface area contributed by atoms with E-state index in [9.17, 15) is 13.3 Å². The van der Waals surface area contributed by atoms with Crippen molar-refractivity contribution >= 4 is 8.25 Å². The van der Waals surface area contributed by atoms with E-state index in [1.807, 2.05) is 100 Å². The molecule has 0 aliphatic heterocycles. The smallest absolute Gasteiger partial charge is 0.319 e. The summed E-state index contributed by atoms with van der Waals surface area (Å²) in [6, 6.07) is 29.7. The highest BCUT2D eigenvalue weighted by Crippen LogP contribution is 2.34. The molecule has 4 aromatic carbocycles. The van der Waals surface area contributed by atoms with Gasteiger partial charge >= 0.3 is 8.25 Å². The summed E-state index contributed by atoms with van der Waals surface area (Å²) in [5.74, 6) is 2.66. The molecule has 0 saturated carbocycles. The minimum atomic E-state index is -2.60. The predicted molar refractivity (Wildman–Crippen MR) is 254 cm³/mol. The Morgan fingerprint density at radius 3 is 1.35 bits per heavy atom. The van der Waals surface area contributed by atoms with Crippen LogP contribution in [0.4, 0.5) is 8.78 Å². The molecule has 6 rings (SSSR count). The largest absolute Gasteiger partial charge is 0.493 e. The molecule has 0 aliphatic rings. The van der Waals surface area contributed by atoms with Crippen LogP contribution in [0.25, 0.3) is 22.6 Å². The van der Waals surface area contributed by atoms with Crippen molar-refractivity contribution in [1.82, 2.24) is 10.6 Å². The highest BCUT2D eigenvalue weighted by molar-refractivity contribution is 7.33. The van der Waals surface area contributed by atoms with Crippen molar-refractivity contribution < 1.29 is 50.2 Å². The predicted octanol–water partition coefficient (Wildman–Crippen LogP) is 12.2. The van der Waals surface area contributed by atoms with Crippen LogP contribution < -0.4 is 29.6 Å². The monoisotopic (exact) mass is 928 g/mol. The standard InChI is InChI=1S/C52H63F2N2O9P/c1-37(2)64-51-21-15-39(33-45(51)53)11-5-25-60-49-19-17-41(31-43(49)47-13-7-27-58-47)35-55-23-9-29-62-66(57)63-30-10-24-56-36-42-18-20-50(44(32-42)48-14-8-28-59-48)61-26-6-12-40-16-22-52(46(54)34-40)65-38(3)4/h7-8,13-22,27-28,31-34,37-38,55-56,66H,5-6,9-12,23-26,29-30,35-36H2,1-4H3. The second kappa shape index (κ2) is 26.6. The number of furan rings is 2. The van der Waals surface area contributed by atoms with Gasteiger partial charge in [0.2, 0.25) is 0 Å². The van der Waals surface area contributed by atoms with Crippen molar-refractivity contribution in [1.29, 1.82) is 0 Å². The molecule has 0 spiro atoms. The van der Waals surface area contributed by atoms with Gasteiger partial charge in [-0.25, -0.2) is 8.78 Å². The number of ether oxygens (including phenoxy) is 4. The molecule has 66 heavy (non-hydrogen) atoms. The summed E-state index contributed by atoms with van der Waals surface area (Å²) in [7, 11) is -2.60. The average molecular weight is 929 g/mol. The zero-order valence-corrected chi connectivity index (χ0v) is 39.4. The van der Waals surface area contributed by atoms with Gasteiger partial charge in [-0.3, -0.25) is 4.57 Å². The number of hydrogen-bond acceptors (Lipinski definition) is 11. The molecule has 0 saturated heterocycles. The summed E-state index contributed by atoms with van der Waals surface area (Å²) < 4.78 is 86.9. The number of benzene rings is 4. The van der Waals surface area contributed by atoms with Crippen LogP contribution in [0.3, 0.4) is 0 Å². The number of nitrogens with one attached hydrogen (secondary N) is 2. The van der Waals surface area contributed by atoms with E-state index in [1.54, 1.807) is 24.7 Å². The maximum absolute atomic E-state index is 14.4. The van der Waals surface area contributed by atoms with Gasteiger partial charge in [-0.05, 0) is 174 Å². The van der Waals surface area contributed by atoms with Crippen molar-refractivity contribution in [3.05, 3.63) is 143 Å². The maximum Gasteiger partial charge on any atom is 0.319 e. The van der Waals surface area contributed by atoms with Gasteiger partial charge in [0.05, 0.1) is 62.3 Å². The summed E-state index contributed by atoms with van der Waals surface area (Å²) in [6.07, 6.45) is 7.19. The van der Waals surface area contributed by atoms with Crippen LogP contribution in [-0.4, -0.2) is 51.7 Å². The molecule has 2 N–H and O–H groups in total. The summed E-state index contributed by atoms with van der Waals surface area (Å²) in [5, 5.41) is 6.84. The van der Waals surface area contributed by atoms with Gasteiger partial charge in [-0.1, -0.05) is 24.3 Å². The van der Waals surface area contributed by atoms with Crippen molar-refractivity contribution in [3.8, 4) is 45.6 Å². The van der Waals surface area contributed by atoms with Crippen molar-refractivity contribution in [2.45, 2.75) is 91.5 Å². The Morgan fingerprint density at radius 2 is 0.955 bits per heavy atom. The molecule has 0 unspecified atom stereocenters. The average Bonchev–Trinajstić information content (AvgIpc) is 4.05. The Labute approximate surface area is 388 Å². The molecule has 2 heterocycles. The highest BCUT2D eigenvalue weighted by atomic mass is 31.1. The van der Waals surface area contributed by atoms with E-state index in [0.29, 0.717) is 114 Å². The van der Waals surface area contributed by atoms with Gasteiger partial charge in [0.15, 0.2) is 23.1 Å². The Balaban J connectivity index is 0.831. The molecule has 0 radical (unpaired) electrons. The van der Waals surface area contributed by atoms with Gasteiger partial charge < -0.3 is 47.5 Å². The molecule has 2 aromatic heterocycles. The topological polar surface area (TPSA) is 123 Å². The Morgan fingerprint density at radius 1 is 0.530 bits per heavy atom. The zero-order valence-electron chi connectivity index (χ0n) is 38.4. The second-order valence-electron chi connectivity index (χ2n) is 16.4. The molecule has 0 atom stereocenters. The minimum absolute atomic E-state index is 0.0912. The molecule has 354 valence electrons. The van der Waals surface area contributed by atoms with E-state index in [4.69, 9.17) is 36.8 Å². The first kappa shape index (κ1) is 50.0. The SMILES string of the molecule is CC(C)Oc1ccc(CCCOc2ccc(CNCCCO[PH](=O)OCCCNCc3ccc(OCCCc4ccc(OC(C)C)c(F)c4)c(-c4ccco4)c3)cc2-c2ccco2)cc1F. The van der Waals surface area contributed by atoms with Crippen LogP contribution in [0.5, 0.6) is 23.0 Å². The first-order valence-electron chi connectivity index (χ1n) is 22.8. The number of rotatable bonds is 30. The van der Waals surface area contributed by atoms with Crippen LogP contribution in [0.2, 0.25) is 0 Å². The molecule has 14 heteroatoms. The number of halogens is 2. The first-order chi connectivity index (χ1) is 32.1. The van der Waals surface area contributed by atoms with E-state index >= 15 is 0 Å². The maximum atomic E-state index is 14.4. The molecular weight excluding hydrogens is 866 g/mol. The molecule has 0 bridgehead atoms. The van der Waals surface area contributed by atoms with Crippen LogP contribution in [0, 0.1) is 11.6 Å². The lowest BCUT2D eigenvalue weighted by Crippen LogP contribution is -2.16. The van der Waals surface area contributed by atoms with Crippen molar-refractivity contribution in [3.63, 3.8) is 0 Å². The van der Waals surface area contributed by atoms with Gasteiger partial charge in [0.1, 0.15) is 23.0 Å². The third kappa shape index (κ3) is 16.5. The first-order valence-corrected chi connectivity index (χ1v) is 24.0. The van der Waals surface area contributed by atoms with E-state index in [1.165, 1.54) is 12.1 Å². The fraction of sp³-hybridized carbons (Fsp3) is 0.385. The Bertz CT molecular complexity index is 2210. The van der Waals surface area contributed by atoms with Crippen LogP contribution >= 0.6 is 8.25 Å². The number of hydrogen-bond donors (Lipinski definition) is 2. The summed E-state index contributed by atoms with van der Waals surface area (Å²) in [5.41, 5.74) is 5.60. The zero-order chi connectivity index (χ0) is 46.5. The number of aryl methyl sites for hydroxylation is 2. The van der Waals surface area contributed by atoms with E-state index in [-0.39, 0.29) is 35.3 Å². The lowest BCUT2D eigenvalue weighted by molar-refractivity contribution is 0.220. The van der Waals surface area contributed by atoms with Gasteiger partial charge in [-0.2, -0.15) is 0 Å². The lowest BCUT2D eigenvalue weighted by atomic mass is 10.1. The van der Waals surface area contributed by atoms with Crippen LogP contribution in [0.15, 0.2) is 118 Å². The normalized spacial score (nSPS) is 11.5. The van der Waals surface area contributed by atoms with Crippen molar-refractivity contribution in [2.75, 3.05) is 39.5 Å². The summed E-state index contributed by atoms with van der Waals surface area (Å²) in [4.78, 5) is 0. The quantitative estimate of drug-likeness (QED) is 0.0331. The Hall–Kier alpha value is -5.43. The van der Waals surface area contributed by atoms with Crippen LogP contribution in [-0.2, 0) is 39.5 Å². The van der Waals surface area contributed by atoms with E-state index < -0.39 is 8.25 Å². The van der Waals surface area contributed by atoms with E-state index in [0.717, 1.165) is 33.4 Å². The molecule has 11 nitrogen and oxygen atoms in total. The summed E-state index contributed by atoms with van der Waals surface area (Å²) in [6.45, 7) is 11.6. The second-order valence-corrected chi connectivity index (χ2v) is 17.5. The third-order valence-corrected chi connectivity index (χ3v) is 11.1. The highest BCUT2D eigenvalue weighted by Gasteiger charge is 2.14.